The SMILES string of the molecule is O=[N+]([O-])CC1O[B]c2ccccc21. The van der Waals surface area contributed by atoms with Crippen molar-refractivity contribution in [3.63, 3.8) is 0 Å². The molecule has 65 valence electrons. The Morgan fingerprint density at radius 3 is 3.08 bits per heavy atom. The van der Waals surface area contributed by atoms with Crippen LogP contribution in [0.15, 0.2) is 24.3 Å². The number of fused-ring (bicyclic) bond motifs is 1. The van der Waals surface area contributed by atoms with E-state index in [1.807, 2.05) is 24.3 Å². The van der Waals surface area contributed by atoms with Crippen molar-refractivity contribution >= 4 is 12.9 Å². The first kappa shape index (κ1) is 8.25. The second-order valence-corrected chi connectivity index (χ2v) is 2.89. The molecule has 0 aromatic heterocycles. The number of rotatable bonds is 2. The van der Waals surface area contributed by atoms with Crippen LogP contribution in [-0.2, 0) is 4.65 Å². The molecule has 5 heteroatoms. The van der Waals surface area contributed by atoms with Crippen molar-refractivity contribution in [3.8, 4) is 0 Å². The standard InChI is InChI=1S/C8H7BNO3/c11-10(12)5-8-6-3-1-2-4-7(6)9-13-8/h1-4,8H,5H2. The van der Waals surface area contributed by atoms with Crippen molar-refractivity contribution in [1.82, 2.24) is 0 Å². The van der Waals surface area contributed by atoms with Crippen LogP contribution < -0.4 is 5.46 Å². The summed E-state index contributed by atoms with van der Waals surface area (Å²) in [4.78, 5) is 9.92. The first-order valence-electron chi connectivity index (χ1n) is 3.97. The lowest BCUT2D eigenvalue weighted by molar-refractivity contribution is -0.489. The summed E-state index contributed by atoms with van der Waals surface area (Å²) in [5, 5.41) is 10.3. The number of hydrogen-bond donors (Lipinski definition) is 0. The van der Waals surface area contributed by atoms with Crippen LogP contribution in [0.1, 0.15) is 11.7 Å². The molecule has 1 aromatic carbocycles. The summed E-state index contributed by atoms with van der Waals surface area (Å²) in [5.74, 6) is 0. The minimum absolute atomic E-state index is 0.173. The largest absolute Gasteiger partial charge is 0.422 e. The van der Waals surface area contributed by atoms with Gasteiger partial charge in [0.1, 0.15) is 6.10 Å². The van der Waals surface area contributed by atoms with Gasteiger partial charge in [0.25, 0.3) is 0 Å². The predicted octanol–water partition coefficient (Wildman–Crippen LogP) is 0.279. The maximum atomic E-state index is 10.3. The molecular weight excluding hydrogens is 169 g/mol. The molecule has 0 spiro atoms. The van der Waals surface area contributed by atoms with Gasteiger partial charge < -0.3 is 4.65 Å². The van der Waals surface area contributed by atoms with Crippen LogP contribution >= 0.6 is 0 Å². The van der Waals surface area contributed by atoms with Gasteiger partial charge >= 0.3 is 7.48 Å². The van der Waals surface area contributed by atoms with E-state index in [9.17, 15) is 10.1 Å². The van der Waals surface area contributed by atoms with Crippen LogP contribution in [0.5, 0.6) is 0 Å². The molecule has 0 fully saturated rings. The lowest BCUT2D eigenvalue weighted by Gasteiger charge is -2.05. The van der Waals surface area contributed by atoms with Crippen molar-refractivity contribution in [1.29, 1.82) is 0 Å². The molecule has 1 aromatic rings. The zero-order valence-electron chi connectivity index (χ0n) is 6.84. The fraction of sp³-hybridized carbons (Fsp3) is 0.250. The molecule has 0 saturated carbocycles. The molecule has 1 aliphatic heterocycles. The van der Waals surface area contributed by atoms with E-state index in [1.165, 1.54) is 0 Å². The van der Waals surface area contributed by atoms with Crippen LogP contribution in [0.25, 0.3) is 0 Å². The van der Waals surface area contributed by atoms with E-state index < -0.39 is 6.10 Å². The van der Waals surface area contributed by atoms with Gasteiger partial charge in [0.15, 0.2) is 0 Å². The van der Waals surface area contributed by atoms with Crippen molar-refractivity contribution in [2.24, 2.45) is 0 Å². The molecule has 1 atom stereocenters. The van der Waals surface area contributed by atoms with Gasteiger partial charge in [0.2, 0.25) is 6.54 Å². The lowest BCUT2D eigenvalue weighted by Crippen LogP contribution is -2.12. The van der Waals surface area contributed by atoms with Crippen molar-refractivity contribution in [3.05, 3.63) is 39.9 Å². The summed E-state index contributed by atoms with van der Waals surface area (Å²) in [6, 6.07) is 7.48. The summed E-state index contributed by atoms with van der Waals surface area (Å²) >= 11 is 0. The molecule has 0 aliphatic carbocycles. The smallest absolute Gasteiger partial charge is 0.331 e. The van der Waals surface area contributed by atoms with Crippen molar-refractivity contribution in [2.75, 3.05) is 6.54 Å². The van der Waals surface area contributed by atoms with Gasteiger partial charge in [0.05, 0.1) is 0 Å². The lowest BCUT2D eigenvalue weighted by atomic mass is 9.87. The molecule has 0 saturated heterocycles. The Labute approximate surface area is 75.9 Å². The van der Waals surface area contributed by atoms with E-state index in [0.717, 1.165) is 11.0 Å². The summed E-state index contributed by atoms with van der Waals surface area (Å²) in [6.45, 7) is -0.173. The molecule has 4 nitrogen and oxygen atoms in total. The highest BCUT2D eigenvalue weighted by Gasteiger charge is 2.27. The first-order chi connectivity index (χ1) is 6.27. The summed E-state index contributed by atoms with van der Waals surface area (Å²) < 4.78 is 5.17. The molecule has 13 heavy (non-hydrogen) atoms. The molecule has 1 unspecified atom stereocenters. The maximum Gasteiger partial charge on any atom is 0.331 e. The molecule has 1 heterocycles. The fourth-order valence-corrected chi connectivity index (χ4v) is 1.42. The van der Waals surface area contributed by atoms with Gasteiger partial charge in [-0.15, -0.1) is 0 Å². The Morgan fingerprint density at radius 1 is 1.54 bits per heavy atom. The highest BCUT2D eigenvalue weighted by Crippen LogP contribution is 2.19. The number of nitrogens with zero attached hydrogens (tertiary/aromatic N) is 1. The van der Waals surface area contributed by atoms with Crippen LogP contribution in [-0.4, -0.2) is 19.0 Å². The maximum absolute atomic E-state index is 10.3. The Bertz CT molecular complexity index is 342. The van der Waals surface area contributed by atoms with Gasteiger partial charge in [-0.05, 0) is 11.0 Å². The Morgan fingerprint density at radius 2 is 2.31 bits per heavy atom. The van der Waals surface area contributed by atoms with Crippen molar-refractivity contribution in [2.45, 2.75) is 6.10 Å². The van der Waals surface area contributed by atoms with Crippen molar-refractivity contribution < 1.29 is 9.58 Å². The predicted molar refractivity (Wildman–Crippen MR) is 47.5 cm³/mol. The van der Waals surface area contributed by atoms with Gasteiger partial charge in [-0.25, -0.2) is 0 Å². The van der Waals surface area contributed by atoms with E-state index >= 15 is 0 Å². The highest BCUT2D eigenvalue weighted by atomic mass is 16.6. The van der Waals surface area contributed by atoms with Crippen LogP contribution in [0.4, 0.5) is 0 Å². The van der Waals surface area contributed by atoms with Gasteiger partial charge in [-0.1, -0.05) is 24.3 Å². The highest BCUT2D eigenvalue weighted by molar-refractivity contribution is 6.49. The third kappa shape index (κ3) is 1.55. The van der Waals surface area contributed by atoms with E-state index in [-0.39, 0.29) is 11.5 Å². The summed E-state index contributed by atoms with van der Waals surface area (Å²) in [5.41, 5.74) is 1.84. The third-order valence-corrected chi connectivity index (χ3v) is 2.02. The average Bonchev–Trinajstić information content (AvgIpc) is 2.48. The second-order valence-electron chi connectivity index (χ2n) is 2.89. The average molecular weight is 176 g/mol. The third-order valence-electron chi connectivity index (χ3n) is 2.02. The molecular formula is C8H7BNO3. The van der Waals surface area contributed by atoms with Crippen LogP contribution in [0.2, 0.25) is 0 Å². The van der Waals surface area contributed by atoms with Crippen LogP contribution in [0.3, 0.4) is 0 Å². The molecule has 0 amide bonds. The number of hydrogen-bond acceptors (Lipinski definition) is 3. The molecule has 1 radical (unpaired) electrons. The molecule has 2 rings (SSSR count). The molecule has 0 N–H and O–H groups in total. The van der Waals surface area contributed by atoms with Gasteiger partial charge in [0, 0.05) is 4.92 Å². The fourth-order valence-electron chi connectivity index (χ4n) is 1.42. The Hall–Kier alpha value is -1.36. The second kappa shape index (κ2) is 3.18. The van der Waals surface area contributed by atoms with E-state index in [2.05, 4.69) is 0 Å². The van der Waals surface area contributed by atoms with E-state index in [4.69, 9.17) is 4.65 Å². The monoisotopic (exact) mass is 176 g/mol. The van der Waals surface area contributed by atoms with E-state index in [0.29, 0.717) is 0 Å². The Kier molecular flexibility index (Phi) is 2.02. The summed E-state index contributed by atoms with van der Waals surface area (Å²) in [7, 11) is 1.57. The topological polar surface area (TPSA) is 52.4 Å². The van der Waals surface area contributed by atoms with Gasteiger partial charge in [-0.3, -0.25) is 10.1 Å². The quantitative estimate of drug-likeness (QED) is 0.369. The Balaban J connectivity index is 2.23. The zero-order chi connectivity index (χ0) is 9.26. The van der Waals surface area contributed by atoms with Crippen LogP contribution in [0, 0.1) is 10.1 Å². The minimum atomic E-state index is -0.411. The normalized spacial score (nSPS) is 19.2. The minimum Gasteiger partial charge on any atom is -0.422 e. The number of nitro groups is 1. The summed E-state index contributed by atoms with van der Waals surface area (Å²) in [6.07, 6.45) is -0.411. The first-order valence-corrected chi connectivity index (χ1v) is 3.97. The van der Waals surface area contributed by atoms with Gasteiger partial charge in [-0.2, -0.15) is 0 Å². The van der Waals surface area contributed by atoms with E-state index in [1.54, 1.807) is 7.48 Å². The molecule has 1 aliphatic rings. The molecule has 0 bridgehead atoms. The zero-order valence-corrected chi connectivity index (χ0v) is 6.84. The number of benzene rings is 1.